The monoisotopic (exact) mass is 234 g/mol. The molecule has 2 heterocycles. The second-order valence-corrected chi connectivity index (χ2v) is 3.45. The van der Waals surface area contributed by atoms with Crippen LogP contribution in [0.5, 0.6) is 0 Å². The third-order valence-electron chi connectivity index (χ3n) is 1.93. The van der Waals surface area contributed by atoms with E-state index in [9.17, 15) is 0 Å². The van der Waals surface area contributed by atoms with E-state index >= 15 is 0 Å². The van der Waals surface area contributed by atoms with Crippen LogP contribution >= 0.6 is 12.2 Å². The zero-order valence-corrected chi connectivity index (χ0v) is 9.38. The predicted molar refractivity (Wildman–Crippen MR) is 63.8 cm³/mol. The summed E-state index contributed by atoms with van der Waals surface area (Å²) >= 11 is 4.81. The van der Waals surface area contributed by atoms with Gasteiger partial charge in [0.15, 0.2) is 0 Å². The highest BCUT2D eigenvalue weighted by Gasteiger charge is 1.97. The smallest absolute Gasteiger partial charge is 0.238 e. The van der Waals surface area contributed by atoms with Crippen molar-refractivity contribution < 1.29 is 0 Å². The Morgan fingerprint density at radius 3 is 2.75 bits per heavy atom. The maximum atomic E-state index is 4.81. The average Bonchev–Trinajstić information content (AvgIpc) is 2.73. The van der Waals surface area contributed by atoms with Gasteiger partial charge in [-0.1, -0.05) is 0 Å². The molecule has 2 aromatic rings. The average molecular weight is 234 g/mol. The molecule has 82 valence electrons. The van der Waals surface area contributed by atoms with Crippen LogP contribution in [-0.2, 0) is 0 Å². The lowest BCUT2D eigenvalue weighted by molar-refractivity contribution is 1.07. The van der Waals surface area contributed by atoms with Gasteiger partial charge in [0.1, 0.15) is 0 Å². The van der Waals surface area contributed by atoms with Gasteiger partial charge in [-0.2, -0.15) is 10.1 Å². The summed E-state index contributed by atoms with van der Waals surface area (Å²) in [6, 6.07) is 3.76. The number of nitrogens with zero attached hydrogens (tertiary/aromatic N) is 3. The standard InChI is InChI=1S/C9H10N6S/c1-6(7-2-4-10-5-3-7)12-13-8-11-9(16)15-14-8/h2-5H,1H3,(H3,11,13,14,15,16)/b12-6-. The lowest BCUT2D eigenvalue weighted by Gasteiger charge is -1.99. The highest BCUT2D eigenvalue weighted by Crippen LogP contribution is 2.00. The van der Waals surface area contributed by atoms with Crippen LogP contribution in [-0.4, -0.2) is 25.9 Å². The quantitative estimate of drug-likeness (QED) is 0.429. The maximum Gasteiger partial charge on any atom is 0.238 e. The minimum absolute atomic E-state index is 0.388. The van der Waals surface area contributed by atoms with Crippen LogP contribution in [0.15, 0.2) is 29.6 Å². The fourth-order valence-corrected chi connectivity index (χ4v) is 1.26. The van der Waals surface area contributed by atoms with Crippen molar-refractivity contribution in [2.45, 2.75) is 6.92 Å². The van der Waals surface area contributed by atoms with Crippen molar-refractivity contribution in [2.24, 2.45) is 5.10 Å². The number of nitrogens with one attached hydrogen (secondary N) is 3. The molecule has 0 fully saturated rings. The summed E-state index contributed by atoms with van der Waals surface area (Å²) in [6.07, 6.45) is 3.44. The minimum Gasteiger partial charge on any atom is -0.272 e. The van der Waals surface area contributed by atoms with Gasteiger partial charge in [-0.25, -0.2) is 5.43 Å². The van der Waals surface area contributed by atoms with Crippen LogP contribution < -0.4 is 5.43 Å². The molecule has 0 saturated carbocycles. The maximum absolute atomic E-state index is 4.81. The van der Waals surface area contributed by atoms with Gasteiger partial charge in [0.25, 0.3) is 0 Å². The summed E-state index contributed by atoms with van der Waals surface area (Å²) in [4.78, 5) is 7.89. The van der Waals surface area contributed by atoms with E-state index in [2.05, 4.69) is 30.7 Å². The van der Waals surface area contributed by atoms with Crippen molar-refractivity contribution >= 4 is 23.9 Å². The first-order chi connectivity index (χ1) is 7.75. The van der Waals surface area contributed by atoms with Gasteiger partial charge in [-0.15, -0.1) is 0 Å². The fourth-order valence-electron chi connectivity index (χ4n) is 1.12. The van der Waals surface area contributed by atoms with Crippen molar-refractivity contribution in [1.29, 1.82) is 0 Å². The Morgan fingerprint density at radius 1 is 1.38 bits per heavy atom. The van der Waals surface area contributed by atoms with Gasteiger partial charge in [-0.3, -0.25) is 15.2 Å². The van der Waals surface area contributed by atoms with Gasteiger partial charge in [0, 0.05) is 18.0 Å². The summed E-state index contributed by atoms with van der Waals surface area (Å²) in [5.74, 6) is 0.485. The summed E-state index contributed by atoms with van der Waals surface area (Å²) in [6.45, 7) is 1.89. The van der Waals surface area contributed by atoms with E-state index in [0.29, 0.717) is 10.7 Å². The topological polar surface area (TPSA) is 81.8 Å². The Balaban J connectivity index is 2.11. The second-order valence-electron chi connectivity index (χ2n) is 3.06. The number of aromatic amines is 2. The molecule has 0 radical (unpaired) electrons. The SMILES string of the molecule is C/C(=N/Nc1nc(=S)[nH][nH]1)c1ccncc1. The number of hydrazone groups is 1. The molecule has 0 saturated heterocycles. The first kappa shape index (κ1) is 10.5. The van der Waals surface area contributed by atoms with Crippen molar-refractivity contribution in [3.8, 4) is 0 Å². The molecular weight excluding hydrogens is 224 g/mol. The molecule has 0 aromatic carbocycles. The fraction of sp³-hybridized carbons (Fsp3) is 0.111. The van der Waals surface area contributed by atoms with Crippen LogP contribution in [0.2, 0.25) is 0 Å². The molecule has 3 N–H and O–H groups in total. The normalized spacial score (nSPS) is 11.4. The number of rotatable bonds is 3. The van der Waals surface area contributed by atoms with Gasteiger partial charge >= 0.3 is 0 Å². The largest absolute Gasteiger partial charge is 0.272 e. The molecule has 2 aromatic heterocycles. The van der Waals surface area contributed by atoms with E-state index in [-0.39, 0.29) is 0 Å². The molecule has 2 rings (SSSR count). The molecule has 0 bridgehead atoms. The number of aromatic nitrogens is 4. The molecule has 0 aliphatic heterocycles. The summed E-state index contributed by atoms with van der Waals surface area (Å²) < 4.78 is 0.388. The highest BCUT2D eigenvalue weighted by atomic mass is 32.1. The van der Waals surface area contributed by atoms with E-state index in [1.54, 1.807) is 12.4 Å². The molecule has 0 aliphatic rings. The third-order valence-corrected chi connectivity index (χ3v) is 2.12. The number of hydrogen-bond donors (Lipinski definition) is 3. The zero-order valence-electron chi connectivity index (χ0n) is 8.56. The molecule has 16 heavy (non-hydrogen) atoms. The Kier molecular flexibility index (Phi) is 3.06. The number of hydrogen-bond acceptors (Lipinski definition) is 5. The second kappa shape index (κ2) is 4.67. The Bertz CT molecular complexity index is 540. The first-order valence-electron chi connectivity index (χ1n) is 4.61. The van der Waals surface area contributed by atoms with Crippen LogP contribution in [0.25, 0.3) is 0 Å². The van der Waals surface area contributed by atoms with Gasteiger partial charge in [0.05, 0.1) is 5.71 Å². The van der Waals surface area contributed by atoms with Crippen molar-refractivity contribution in [3.63, 3.8) is 0 Å². The molecule has 0 atom stereocenters. The zero-order chi connectivity index (χ0) is 11.4. The van der Waals surface area contributed by atoms with E-state index in [4.69, 9.17) is 12.2 Å². The summed E-state index contributed by atoms with van der Waals surface area (Å²) in [7, 11) is 0. The molecule has 0 spiro atoms. The van der Waals surface area contributed by atoms with E-state index in [0.717, 1.165) is 11.3 Å². The Hall–Kier alpha value is -2.02. The van der Waals surface area contributed by atoms with Crippen LogP contribution in [0, 0.1) is 4.77 Å². The summed E-state index contributed by atoms with van der Waals surface area (Å²) in [5, 5.41) is 9.57. The molecule has 6 nitrogen and oxygen atoms in total. The van der Waals surface area contributed by atoms with Crippen LogP contribution in [0.3, 0.4) is 0 Å². The predicted octanol–water partition coefficient (Wildman–Crippen LogP) is 1.70. The lowest BCUT2D eigenvalue weighted by Crippen LogP contribution is -2.00. The van der Waals surface area contributed by atoms with Crippen LogP contribution in [0.1, 0.15) is 12.5 Å². The molecule has 7 heteroatoms. The Labute approximate surface area is 96.8 Å². The van der Waals surface area contributed by atoms with Gasteiger partial charge in [-0.05, 0) is 31.3 Å². The molecule has 0 amide bonds. The van der Waals surface area contributed by atoms with E-state index in [1.165, 1.54) is 0 Å². The molecule has 0 unspecified atom stereocenters. The van der Waals surface area contributed by atoms with E-state index < -0.39 is 0 Å². The minimum atomic E-state index is 0.388. The lowest BCUT2D eigenvalue weighted by atomic mass is 10.2. The third kappa shape index (κ3) is 2.51. The molecule has 0 aliphatic carbocycles. The van der Waals surface area contributed by atoms with E-state index in [1.807, 2.05) is 19.1 Å². The first-order valence-corrected chi connectivity index (χ1v) is 5.02. The van der Waals surface area contributed by atoms with Gasteiger partial charge < -0.3 is 0 Å². The Morgan fingerprint density at radius 2 is 2.12 bits per heavy atom. The number of H-pyrrole nitrogens is 2. The summed E-state index contributed by atoms with van der Waals surface area (Å²) in [5.41, 5.74) is 4.60. The van der Waals surface area contributed by atoms with Crippen molar-refractivity contribution in [3.05, 3.63) is 34.9 Å². The van der Waals surface area contributed by atoms with Crippen molar-refractivity contribution in [2.75, 3.05) is 5.43 Å². The molecular formula is C9H10N6S. The van der Waals surface area contributed by atoms with Gasteiger partial charge in [0.2, 0.25) is 10.7 Å². The number of anilines is 1. The van der Waals surface area contributed by atoms with Crippen LogP contribution in [0.4, 0.5) is 5.95 Å². The van der Waals surface area contributed by atoms with Crippen molar-refractivity contribution in [1.82, 2.24) is 20.2 Å². The highest BCUT2D eigenvalue weighted by molar-refractivity contribution is 7.71. The number of pyridine rings is 1.